The molecule has 0 saturated carbocycles. The molecule has 2 aromatic rings. The number of carboxylic acid groups (broad SMARTS) is 1. The van der Waals surface area contributed by atoms with Gasteiger partial charge in [-0.15, -0.1) is 0 Å². The Morgan fingerprint density at radius 3 is 2.33 bits per heavy atom. The standard InChI is InChI=1S/C19H18N2O6/c1-26-15-8-7-13(9-16(15)27-2)21-17(22)10-14(18(21)23)20-12-5-3-11(4-6-12)19(24)25/h3-9,14,20H,10H2,1-2H3,(H,24,25)/t14-/m1/s1. The monoisotopic (exact) mass is 370 g/mol. The third-order valence-corrected chi connectivity index (χ3v) is 4.24. The molecule has 3 rings (SSSR count). The predicted octanol–water partition coefficient (Wildman–Crippen LogP) is 2.15. The number of carboxylic acids is 1. The number of carbonyl (C=O) groups is 3. The van der Waals surface area contributed by atoms with Gasteiger partial charge < -0.3 is 19.9 Å². The van der Waals surface area contributed by atoms with Crippen molar-refractivity contribution in [2.24, 2.45) is 0 Å². The van der Waals surface area contributed by atoms with Crippen LogP contribution in [-0.2, 0) is 9.59 Å². The number of nitrogens with zero attached hydrogens (tertiary/aromatic N) is 1. The number of benzene rings is 2. The van der Waals surface area contributed by atoms with Crippen LogP contribution in [-0.4, -0.2) is 43.2 Å². The SMILES string of the molecule is COc1ccc(N2C(=O)C[C@@H](Nc3ccc(C(=O)O)cc3)C2=O)cc1OC. The molecule has 0 bridgehead atoms. The first-order valence-electron chi connectivity index (χ1n) is 8.13. The highest BCUT2D eigenvalue weighted by Gasteiger charge is 2.39. The van der Waals surface area contributed by atoms with Gasteiger partial charge in [-0.1, -0.05) is 0 Å². The molecule has 140 valence electrons. The van der Waals surface area contributed by atoms with E-state index in [1.807, 2.05) is 0 Å². The van der Waals surface area contributed by atoms with Crippen molar-refractivity contribution in [2.75, 3.05) is 24.4 Å². The van der Waals surface area contributed by atoms with Crippen molar-refractivity contribution in [1.29, 1.82) is 0 Å². The van der Waals surface area contributed by atoms with Crippen LogP contribution in [0.15, 0.2) is 42.5 Å². The topological polar surface area (TPSA) is 105 Å². The number of imide groups is 1. The molecule has 0 spiro atoms. The molecule has 0 aromatic heterocycles. The highest BCUT2D eigenvalue weighted by atomic mass is 16.5. The van der Waals surface area contributed by atoms with Crippen molar-refractivity contribution >= 4 is 29.2 Å². The average Bonchev–Trinajstić information content (AvgIpc) is 2.94. The zero-order chi connectivity index (χ0) is 19.6. The number of anilines is 2. The van der Waals surface area contributed by atoms with Gasteiger partial charge in [-0.3, -0.25) is 9.59 Å². The van der Waals surface area contributed by atoms with E-state index in [0.717, 1.165) is 4.90 Å². The highest BCUT2D eigenvalue weighted by Crippen LogP contribution is 2.34. The summed E-state index contributed by atoms with van der Waals surface area (Å²) in [5, 5.41) is 11.9. The lowest BCUT2D eigenvalue weighted by Gasteiger charge is -2.18. The number of rotatable bonds is 6. The lowest BCUT2D eigenvalue weighted by atomic mass is 10.2. The Kier molecular flexibility index (Phi) is 4.98. The molecule has 0 radical (unpaired) electrons. The van der Waals surface area contributed by atoms with Gasteiger partial charge in [0.05, 0.1) is 31.9 Å². The van der Waals surface area contributed by atoms with Gasteiger partial charge in [0, 0.05) is 11.8 Å². The Morgan fingerprint density at radius 1 is 1.07 bits per heavy atom. The van der Waals surface area contributed by atoms with Crippen molar-refractivity contribution in [3.05, 3.63) is 48.0 Å². The second-order valence-corrected chi connectivity index (χ2v) is 5.89. The fraction of sp³-hybridized carbons (Fsp3) is 0.211. The van der Waals surface area contributed by atoms with Gasteiger partial charge in [-0.05, 0) is 36.4 Å². The Hall–Kier alpha value is -3.55. The molecule has 1 saturated heterocycles. The number of nitrogens with one attached hydrogen (secondary N) is 1. The molecule has 8 nitrogen and oxygen atoms in total. The van der Waals surface area contributed by atoms with Crippen molar-refractivity contribution in [2.45, 2.75) is 12.5 Å². The zero-order valence-electron chi connectivity index (χ0n) is 14.8. The van der Waals surface area contributed by atoms with Crippen molar-refractivity contribution < 1.29 is 29.0 Å². The normalized spacial score (nSPS) is 16.4. The van der Waals surface area contributed by atoms with Crippen LogP contribution in [0.5, 0.6) is 11.5 Å². The summed E-state index contributed by atoms with van der Waals surface area (Å²) >= 11 is 0. The van der Waals surface area contributed by atoms with Gasteiger partial charge in [0.1, 0.15) is 6.04 Å². The molecule has 27 heavy (non-hydrogen) atoms. The summed E-state index contributed by atoms with van der Waals surface area (Å²) in [6.45, 7) is 0. The van der Waals surface area contributed by atoms with E-state index in [1.165, 1.54) is 26.4 Å². The molecule has 2 amide bonds. The minimum absolute atomic E-state index is 0.00609. The summed E-state index contributed by atoms with van der Waals surface area (Å²) < 4.78 is 10.4. The first kappa shape index (κ1) is 18.2. The maximum Gasteiger partial charge on any atom is 0.335 e. The number of hydrogen-bond acceptors (Lipinski definition) is 6. The second-order valence-electron chi connectivity index (χ2n) is 5.89. The van der Waals surface area contributed by atoms with Crippen molar-refractivity contribution in [1.82, 2.24) is 0 Å². The molecule has 2 aromatic carbocycles. The van der Waals surface area contributed by atoms with Crippen LogP contribution in [0.2, 0.25) is 0 Å². The van der Waals surface area contributed by atoms with Gasteiger partial charge >= 0.3 is 5.97 Å². The van der Waals surface area contributed by atoms with Gasteiger partial charge in [-0.2, -0.15) is 0 Å². The van der Waals surface area contributed by atoms with Crippen LogP contribution in [0.3, 0.4) is 0 Å². The summed E-state index contributed by atoms with van der Waals surface area (Å²) in [5.41, 5.74) is 1.09. The lowest BCUT2D eigenvalue weighted by Crippen LogP contribution is -2.34. The second kappa shape index (κ2) is 7.36. The number of aromatic carboxylic acids is 1. The molecule has 2 N–H and O–H groups in total. The quantitative estimate of drug-likeness (QED) is 0.751. The van der Waals surface area contributed by atoms with E-state index in [-0.39, 0.29) is 17.9 Å². The van der Waals surface area contributed by atoms with Gasteiger partial charge in [0.15, 0.2) is 11.5 Å². The average molecular weight is 370 g/mol. The summed E-state index contributed by atoms with van der Waals surface area (Å²) in [6.07, 6.45) is -0.00609. The summed E-state index contributed by atoms with van der Waals surface area (Å²) in [4.78, 5) is 37.1. The van der Waals surface area contributed by atoms with E-state index in [9.17, 15) is 14.4 Å². The molecule has 1 fully saturated rings. The largest absolute Gasteiger partial charge is 0.493 e. The third kappa shape index (κ3) is 3.55. The zero-order valence-corrected chi connectivity index (χ0v) is 14.8. The van der Waals surface area contributed by atoms with Gasteiger partial charge in [0.2, 0.25) is 5.91 Å². The Morgan fingerprint density at radius 2 is 1.74 bits per heavy atom. The fourth-order valence-corrected chi connectivity index (χ4v) is 2.89. The van der Waals surface area contributed by atoms with Crippen molar-refractivity contribution in [3.63, 3.8) is 0 Å². The number of hydrogen-bond donors (Lipinski definition) is 2. The number of methoxy groups -OCH3 is 2. The lowest BCUT2D eigenvalue weighted by molar-refractivity contribution is -0.121. The van der Waals surface area contributed by atoms with Crippen LogP contribution in [0, 0.1) is 0 Å². The first-order valence-corrected chi connectivity index (χ1v) is 8.13. The molecule has 1 aliphatic rings. The van der Waals surface area contributed by atoms with Crippen LogP contribution >= 0.6 is 0 Å². The summed E-state index contributed by atoms with van der Waals surface area (Å²) in [7, 11) is 2.97. The number of ether oxygens (including phenoxy) is 2. The highest BCUT2D eigenvalue weighted by molar-refractivity contribution is 6.23. The predicted molar refractivity (Wildman–Crippen MR) is 97.5 cm³/mol. The van der Waals surface area contributed by atoms with Crippen LogP contribution in [0.4, 0.5) is 11.4 Å². The van der Waals surface area contributed by atoms with Crippen molar-refractivity contribution in [3.8, 4) is 11.5 Å². The molecule has 1 aliphatic heterocycles. The van der Waals surface area contributed by atoms with E-state index in [4.69, 9.17) is 14.6 Å². The van der Waals surface area contributed by atoms with E-state index in [2.05, 4.69) is 5.32 Å². The third-order valence-electron chi connectivity index (χ3n) is 4.24. The fourth-order valence-electron chi connectivity index (χ4n) is 2.89. The van der Waals surface area contributed by atoms with Gasteiger partial charge in [0.25, 0.3) is 5.91 Å². The molecular formula is C19H18N2O6. The maximum absolute atomic E-state index is 12.7. The molecular weight excluding hydrogens is 352 g/mol. The summed E-state index contributed by atoms with van der Waals surface area (Å²) in [5.74, 6) is -0.862. The van der Waals surface area contributed by atoms with E-state index in [0.29, 0.717) is 22.9 Å². The Balaban J connectivity index is 1.79. The van der Waals surface area contributed by atoms with Crippen LogP contribution in [0.25, 0.3) is 0 Å². The van der Waals surface area contributed by atoms with E-state index >= 15 is 0 Å². The molecule has 1 atom stereocenters. The minimum atomic E-state index is -1.03. The molecule has 0 aliphatic carbocycles. The molecule has 0 unspecified atom stereocenters. The van der Waals surface area contributed by atoms with Crippen LogP contribution < -0.4 is 19.7 Å². The molecule has 1 heterocycles. The summed E-state index contributed by atoms with van der Waals surface area (Å²) in [6, 6.07) is 10.0. The minimum Gasteiger partial charge on any atom is -0.493 e. The van der Waals surface area contributed by atoms with E-state index in [1.54, 1.807) is 30.3 Å². The number of amides is 2. The molecule has 8 heteroatoms. The maximum atomic E-state index is 12.7. The first-order chi connectivity index (χ1) is 12.9. The number of carbonyl (C=O) groups excluding carboxylic acids is 2. The van der Waals surface area contributed by atoms with E-state index < -0.39 is 17.9 Å². The Labute approximate surface area is 155 Å². The smallest absolute Gasteiger partial charge is 0.335 e. The van der Waals surface area contributed by atoms with Crippen LogP contribution in [0.1, 0.15) is 16.8 Å². The van der Waals surface area contributed by atoms with Gasteiger partial charge in [-0.25, -0.2) is 9.69 Å². The Bertz CT molecular complexity index is 894.